The minimum atomic E-state index is -0.351. The molecule has 1 aliphatic heterocycles. The largest absolute Gasteiger partial charge is 0.456 e. The van der Waals surface area contributed by atoms with Crippen molar-refractivity contribution in [2.24, 2.45) is 9.98 Å². The summed E-state index contributed by atoms with van der Waals surface area (Å²) in [6.45, 7) is 0. The van der Waals surface area contributed by atoms with Crippen LogP contribution in [0.15, 0.2) is 202 Å². The Morgan fingerprint density at radius 3 is 1.93 bits per heavy atom. The lowest BCUT2D eigenvalue weighted by atomic mass is 9.92. The maximum absolute atomic E-state index is 6.34. The molecular weight excluding hydrogens is 671 g/mol. The number of hydrogen-bond donors (Lipinski definition) is 1. The number of benzene rings is 9. The quantitative estimate of drug-likeness (QED) is 0.181. The van der Waals surface area contributed by atoms with Gasteiger partial charge in [0.2, 0.25) is 0 Å². The summed E-state index contributed by atoms with van der Waals surface area (Å²) in [4.78, 5) is 10.7. The Hall–Kier alpha value is -7.30. The van der Waals surface area contributed by atoms with Crippen LogP contribution in [0.25, 0.3) is 76.5 Å². The molecule has 2 heterocycles. The summed E-state index contributed by atoms with van der Waals surface area (Å²) >= 11 is 0. The first-order chi connectivity index (χ1) is 27.2. The zero-order valence-electron chi connectivity index (χ0n) is 29.8. The van der Waals surface area contributed by atoms with Gasteiger partial charge in [-0.3, -0.25) is 0 Å². The highest BCUT2D eigenvalue weighted by Crippen LogP contribution is 2.40. The zero-order chi connectivity index (χ0) is 36.3. The van der Waals surface area contributed by atoms with Crippen LogP contribution in [0.1, 0.15) is 22.9 Å². The van der Waals surface area contributed by atoms with Crippen molar-refractivity contribution in [1.82, 2.24) is 5.32 Å². The topological polar surface area (TPSA) is 49.9 Å². The number of nitrogens with zero attached hydrogens (tertiary/aromatic N) is 2. The van der Waals surface area contributed by atoms with E-state index in [2.05, 4.69) is 175 Å². The van der Waals surface area contributed by atoms with Crippen LogP contribution in [0.4, 0.5) is 0 Å². The maximum Gasteiger partial charge on any atom is 0.159 e. The maximum atomic E-state index is 6.34. The summed E-state index contributed by atoms with van der Waals surface area (Å²) in [5.74, 6) is 1.47. The number of para-hydroxylation sites is 1. The van der Waals surface area contributed by atoms with E-state index in [1.807, 2.05) is 18.2 Å². The Morgan fingerprint density at radius 2 is 1.05 bits per heavy atom. The molecule has 0 bridgehead atoms. The minimum Gasteiger partial charge on any atom is -0.456 e. The van der Waals surface area contributed by atoms with Crippen LogP contribution in [0, 0.1) is 0 Å². The highest BCUT2D eigenvalue weighted by molar-refractivity contribution is 6.19. The first-order valence-corrected chi connectivity index (χ1v) is 18.7. The molecule has 1 aromatic heterocycles. The highest BCUT2D eigenvalue weighted by atomic mass is 16.3. The molecule has 4 heteroatoms. The summed E-state index contributed by atoms with van der Waals surface area (Å²) in [5.41, 5.74) is 9.37. The molecule has 1 aliphatic rings. The third-order valence-corrected chi connectivity index (χ3v) is 10.9. The molecule has 0 aliphatic carbocycles. The van der Waals surface area contributed by atoms with E-state index in [4.69, 9.17) is 14.4 Å². The average Bonchev–Trinajstić information content (AvgIpc) is 3.65. The van der Waals surface area contributed by atoms with Gasteiger partial charge in [0.05, 0.1) is 0 Å². The second-order valence-corrected chi connectivity index (χ2v) is 14.2. The fourth-order valence-electron chi connectivity index (χ4n) is 8.21. The fourth-order valence-corrected chi connectivity index (χ4v) is 8.21. The molecule has 11 rings (SSSR count). The normalized spacial score (nSPS) is 14.4. The van der Waals surface area contributed by atoms with Crippen LogP contribution in [0.3, 0.4) is 0 Å². The van der Waals surface area contributed by atoms with Gasteiger partial charge in [0.1, 0.15) is 23.2 Å². The molecule has 258 valence electrons. The Balaban J connectivity index is 1.09. The van der Waals surface area contributed by atoms with Crippen LogP contribution in [-0.4, -0.2) is 11.7 Å². The molecule has 55 heavy (non-hydrogen) atoms. The van der Waals surface area contributed by atoms with Crippen molar-refractivity contribution in [3.8, 4) is 22.3 Å². The summed E-state index contributed by atoms with van der Waals surface area (Å²) in [5, 5.41) is 13.1. The van der Waals surface area contributed by atoms with E-state index in [-0.39, 0.29) is 6.17 Å². The van der Waals surface area contributed by atoms with Crippen molar-refractivity contribution in [1.29, 1.82) is 0 Å². The third kappa shape index (κ3) is 5.38. The van der Waals surface area contributed by atoms with Crippen LogP contribution >= 0.6 is 0 Å². The molecule has 4 nitrogen and oxygen atoms in total. The number of amidine groups is 2. The highest BCUT2D eigenvalue weighted by Gasteiger charge is 2.23. The lowest BCUT2D eigenvalue weighted by molar-refractivity contribution is 0.669. The van der Waals surface area contributed by atoms with Crippen LogP contribution in [-0.2, 0) is 0 Å². The average molecular weight is 704 g/mol. The lowest BCUT2D eigenvalue weighted by Crippen LogP contribution is -2.33. The van der Waals surface area contributed by atoms with Crippen molar-refractivity contribution in [3.63, 3.8) is 0 Å². The van der Waals surface area contributed by atoms with E-state index < -0.39 is 0 Å². The van der Waals surface area contributed by atoms with Gasteiger partial charge < -0.3 is 9.73 Å². The summed E-state index contributed by atoms with van der Waals surface area (Å²) in [6, 6.07) is 66.4. The summed E-state index contributed by atoms with van der Waals surface area (Å²) in [6.07, 6.45) is -0.351. The molecule has 0 saturated heterocycles. The molecule has 0 saturated carbocycles. The van der Waals surface area contributed by atoms with Gasteiger partial charge in [-0.2, -0.15) is 0 Å². The molecule has 10 aromatic rings. The minimum absolute atomic E-state index is 0.351. The number of rotatable bonds is 5. The summed E-state index contributed by atoms with van der Waals surface area (Å²) in [7, 11) is 0. The van der Waals surface area contributed by atoms with Gasteiger partial charge in [0.25, 0.3) is 0 Å². The van der Waals surface area contributed by atoms with E-state index in [9.17, 15) is 0 Å². The van der Waals surface area contributed by atoms with Gasteiger partial charge in [0.15, 0.2) is 5.84 Å². The van der Waals surface area contributed by atoms with Crippen LogP contribution < -0.4 is 5.32 Å². The third-order valence-electron chi connectivity index (χ3n) is 10.9. The molecule has 0 fully saturated rings. The first-order valence-electron chi connectivity index (χ1n) is 18.7. The van der Waals surface area contributed by atoms with Crippen molar-refractivity contribution in [3.05, 3.63) is 205 Å². The fraction of sp³-hybridized carbons (Fsp3) is 0.0196. The van der Waals surface area contributed by atoms with Gasteiger partial charge in [-0.1, -0.05) is 158 Å². The van der Waals surface area contributed by atoms with Gasteiger partial charge in [-0.15, -0.1) is 0 Å². The van der Waals surface area contributed by atoms with E-state index in [0.29, 0.717) is 5.84 Å². The van der Waals surface area contributed by atoms with Gasteiger partial charge in [0, 0.05) is 21.9 Å². The SMILES string of the molecule is c1ccc(-c2ccc(C3N=C(c4cc(-c5cccc6oc7ccccc7c56)c5ccccc5c4)N=C(c4ccc5c(ccc6ccccc65)c4)N3)cc2)cc1. The van der Waals surface area contributed by atoms with Crippen LogP contribution in [0.2, 0.25) is 0 Å². The van der Waals surface area contributed by atoms with Crippen molar-refractivity contribution >= 4 is 65.9 Å². The van der Waals surface area contributed by atoms with E-state index in [1.54, 1.807) is 0 Å². The molecule has 1 unspecified atom stereocenters. The Labute approximate surface area is 317 Å². The van der Waals surface area contributed by atoms with Crippen molar-refractivity contribution < 1.29 is 4.42 Å². The monoisotopic (exact) mass is 703 g/mol. The second kappa shape index (κ2) is 12.7. The molecule has 0 radical (unpaired) electrons. The molecule has 0 amide bonds. The van der Waals surface area contributed by atoms with Crippen LogP contribution in [0.5, 0.6) is 0 Å². The first kappa shape index (κ1) is 31.2. The van der Waals surface area contributed by atoms with Crippen molar-refractivity contribution in [2.75, 3.05) is 0 Å². The molecule has 1 N–H and O–H groups in total. The molecule has 0 spiro atoms. The lowest BCUT2D eigenvalue weighted by Gasteiger charge is -2.24. The number of furan rings is 1. The predicted molar refractivity (Wildman–Crippen MR) is 229 cm³/mol. The van der Waals surface area contributed by atoms with Gasteiger partial charge in [-0.05, 0) is 90.5 Å². The van der Waals surface area contributed by atoms with Crippen molar-refractivity contribution in [2.45, 2.75) is 6.17 Å². The van der Waals surface area contributed by atoms with Gasteiger partial charge >= 0.3 is 0 Å². The van der Waals surface area contributed by atoms with E-state index >= 15 is 0 Å². The standard InChI is InChI=1S/C51H33N3O/c1-2-11-32(12-3-1)33-21-24-35(25-22-33)49-52-50(38-27-28-42-37(29-38)26-23-34-13-4-6-15-40(34)42)54-51(53-49)39-30-36-14-5-7-16-41(36)45(31-39)43-18-10-20-47-48(43)44-17-8-9-19-46(44)55-47/h1-31,49H,(H,52,53,54). The zero-order valence-corrected chi connectivity index (χ0v) is 29.8. The second-order valence-electron chi connectivity index (χ2n) is 14.2. The summed E-state index contributed by atoms with van der Waals surface area (Å²) < 4.78 is 6.34. The Morgan fingerprint density at radius 1 is 0.418 bits per heavy atom. The predicted octanol–water partition coefficient (Wildman–Crippen LogP) is 12.9. The van der Waals surface area contributed by atoms with E-state index in [0.717, 1.165) is 66.4 Å². The number of aliphatic imine (C=N–C) groups is 2. The molecule has 9 aromatic carbocycles. The van der Waals surface area contributed by atoms with Gasteiger partial charge in [-0.25, -0.2) is 9.98 Å². The Kier molecular flexibility index (Phi) is 7.20. The number of hydrogen-bond acceptors (Lipinski definition) is 4. The molecule has 1 atom stereocenters. The van der Waals surface area contributed by atoms with E-state index in [1.165, 1.54) is 32.7 Å². The molecular formula is C51H33N3O. The Bertz CT molecular complexity index is 3170. The smallest absolute Gasteiger partial charge is 0.159 e. The number of nitrogens with one attached hydrogen (secondary N) is 1. The number of fused-ring (bicyclic) bond motifs is 7.